The van der Waals surface area contributed by atoms with E-state index in [2.05, 4.69) is 28.5 Å². The molecule has 2 heterocycles. The largest absolute Gasteiger partial charge is 0.309 e. The zero-order chi connectivity index (χ0) is 12.1. The van der Waals surface area contributed by atoms with Gasteiger partial charge in [0.1, 0.15) is 0 Å². The molecule has 1 atom stereocenters. The number of nitrogens with one attached hydrogen (secondary N) is 1. The number of hydrogen-bond donors (Lipinski definition) is 1. The summed E-state index contributed by atoms with van der Waals surface area (Å²) in [7, 11) is 1.95. The molecule has 17 heavy (non-hydrogen) atoms. The standard InChI is InChI=1S/C12H18N4S/c1-3-4-14-11(12-7-13-9-17-12)5-10-6-15-16(2)8-10/h6-9,11,14H,3-5H2,1-2H3. The van der Waals surface area contributed by atoms with Crippen molar-refractivity contribution < 1.29 is 0 Å². The van der Waals surface area contributed by atoms with Crippen LogP contribution in [0, 0.1) is 0 Å². The summed E-state index contributed by atoms with van der Waals surface area (Å²) in [4.78, 5) is 5.45. The molecule has 0 bridgehead atoms. The summed E-state index contributed by atoms with van der Waals surface area (Å²) >= 11 is 1.71. The van der Waals surface area contributed by atoms with Crippen LogP contribution >= 0.6 is 11.3 Å². The lowest BCUT2D eigenvalue weighted by molar-refractivity contribution is 0.535. The first-order valence-corrected chi connectivity index (χ1v) is 6.77. The molecule has 0 aliphatic heterocycles. The van der Waals surface area contributed by atoms with E-state index in [0.29, 0.717) is 6.04 Å². The monoisotopic (exact) mass is 250 g/mol. The van der Waals surface area contributed by atoms with Crippen LogP contribution in [0.1, 0.15) is 29.8 Å². The molecule has 0 amide bonds. The Morgan fingerprint density at radius 2 is 2.35 bits per heavy atom. The Morgan fingerprint density at radius 1 is 1.47 bits per heavy atom. The average molecular weight is 250 g/mol. The van der Waals surface area contributed by atoms with Crippen molar-refractivity contribution in [3.63, 3.8) is 0 Å². The van der Waals surface area contributed by atoms with Crippen molar-refractivity contribution in [3.05, 3.63) is 34.5 Å². The van der Waals surface area contributed by atoms with E-state index in [4.69, 9.17) is 0 Å². The summed E-state index contributed by atoms with van der Waals surface area (Å²) in [5, 5.41) is 7.77. The van der Waals surface area contributed by atoms with Crippen molar-refractivity contribution in [1.29, 1.82) is 0 Å². The van der Waals surface area contributed by atoms with Crippen LogP contribution in [0.25, 0.3) is 0 Å². The summed E-state index contributed by atoms with van der Waals surface area (Å²) in [6, 6.07) is 0.353. The van der Waals surface area contributed by atoms with Gasteiger partial charge >= 0.3 is 0 Å². The highest BCUT2D eigenvalue weighted by molar-refractivity contribution is 7.09. The van der Waals surface area contributed by atoms with E-state index in [1.165, 1.54) is 10.4 Å². The maximum absolute atomic E-state index is 4.21. The highest BCUT2D eigenvalue weighted by Gasteiger charge is 2.13. The molecule has 0 saturated carbocycles. The summed E-state index contributed by atoms with van der Waals surface area (Å²) < 4.78 is 1.85. The van der Waals surface area contributed by atoms with E-state index in [9.17, 15) is 0 Å². The van der Waals surface area contributed by atoms with Crippen LogP contribution in [0.5, 0.6) is 0 Å². The lowest BCUT2D eigenvalue weighted by Crippen LogP contribution is -2.23. The predicted molar refractivity (Wildman–Crippen MR) is 70.1 cm³/mol. The Morgan fingerprint density at radius 3 is 2.94 bits per heavy atom. The fourth-order valence-corrected chi connectivity index (χ4v) is 2.50. The van der Waals surface area contributed by atoms with Crippen LogP contribution in [0.2, 0.25) is 0 Å². The number of hydrogen-bond acceptors (Lipinski definition) is 4. The highest BCUT2D eigenvalue weighted by Crippen LogP contribution is 2.21. The number of nitrogens with zero attached hydrogens (tertiary/aromatic N) is 3. The van der Waals surface area contributed by atoms with Gasteiger partial charge in [0, 0.05) is 30.4 Å². The third-order valence-corrected chi connectivity index (χ3v) is 3.52. The molecule has 0 spiro atoms. The molecular weight excluding hydrogens is 232 g/mol. The van der Waals surface area contributed by atoms with E-state index in [-0.39, 0.29) is 0 Å². The fraction of sp³-hybridized carbons (Fsp3) is 0.500. The van der Waals surface area contributed by atoms with Crippen LogP contribution in [-0.2, 0) is 13.5 Å². The van der Waals surface area contributed by atoms with Crippen molar-refractivity contribution in [1.82, 2.24) is 20.1 Å². The van der Waals surface area contributed by atoms with Crippen molar-refractivity contribution in [3.8, 4) is 0 Å². The van der Waals surface area contributed by atoms with Gasteiger partial charge in [0.05, 0.1) is 11.7 Å². The fourth-order valence-electron chi connectivity index (χ4n) is 1.80. The van der Waals surface area contributed by atoms with Crippen LogP contribution in [0.15, 0.2) is 24.1 Å². The second kappa shape index (κ2) is 5.93. The molecule has 0 aliphatic rings. The molecule has 0 aliphatic carbocycles. The number of thiazole rings is 1. The van der Waals surface area contributed by atoms with Gasteiger partial charge < -0.3 is 5.32 Å². The second-order valence-electron chi connectivity index (χ2n) is 4.14. The Kier molecular flexibility index (Phi) is 4.28. The van der Waals surface area contributed by atoms with Crippen molar-refractivity contribution in [2.75, 3.05) is 6.54 Å². The van der Waals surface area contributed by atoms with Gasteiger partial charge in [-0.1, -0.05) is 6.92 Å². The number of rotatable bonds is 6. The second-order valence-corrected chi connectivity index (χ2v) is 5.05. The Labute approximate surface area is 106 Å². The van der Waals surface area contributed by atoms with Gasteiger partial charge in [-0.05, 0) is 24.9 Å². The molecule has 2 rings (SSSR count). The summed E-state index contributed by atoms with van der Waals surface area (Å²) in [5.41, 5.74) is 3.15. The topological polar surface area (TPSA) is 42.7 Å². The molecule has 1 N–H and O–H groups in total. The maximum atomic E-state index is 4.21. The number of aryl methyl sites for hydroxylation is 1. The van der Waals surface area contributed by atoms with E-state index in [0.717, 1.165) is 19.4 Å². The third-order valence-electron chi connectivity index (χ3n) is 2.63. The van der Waals surface area contributed by atoms with Crippen LogP contribution < -0.4 is 5.32 Å². The quantitative estimate of drug-likeness (QED) is 0.854. The molecule has 2 aromatic rings. The van der Waals surface area contributed by atoms with E-state index in [1.807, 2.05) is 29.6 Å². The minimum Gasteiger partial charge on any atom is -0.309 e. The molecule has 0 aromatic carbocycles. The zero-order valence-electron chi connectivity index (χ0n) is 10.3. The van der Waals surface area contributed by atoms with Crippen LogP contribution in [0.3, 0.4) is 0 Å². The Bertz CT molecular complexity index is 435. The molecule has 1 unspecified atom stereocenters. The van der Waals surface area contributed by atoms with E-state index in [1.54, 1.807) is 11.3 Å². The summed E-state index contributed by atoms with van der Waals surface area (Å²) in [5.74, 6) is 0. The molecule has 92 valence electrons. The molecule has 4 nitrogen and oxygen atoms in total. The van der Waals surface area contributed by atoms with Gasteiger partial charge in [-0.3, -0.25) is 9.67 Å². The van der Waals surface area contributed by atoms with Gasteiger partial charge in [0.2, 0.25) is 0 Å². The normalized spacial score (nSPS) is 12.8. The zero-order valence-corrected chi connectivity index (χ0v) is 11.1. The molecule has 0 radical (unpaired) electrons. The lowest BCUT2D eigenvalue weighted by atomic mass is 10.1. The first-order valence-electron chi connectivity index (χ1n) is 5.89. The summed E-state index contributed by atoms with van der Waals surface area (Å²) in [6.45, 7) is 3.21. The van der Waals surface area contributed by atoms with Gasteiger partial charge in [0.15, 0.2) is 0 Å². The third kappa shape index (κ3) is 3.38. The maximum Gasteiger partial charge on any atom is 0.0794 e. The SMILES string of the molecule is CCCNC(Cc1cnn(C)c1)c1cncs1. The van der Waals surface area contributed by atoms with Crippen LogP contribution in [-0.4, -0.2) is 21.3 Å². The van der Waals surface area contributed by atoms with Crippen molar-refractivity contribution >= 4 is 11.3 Å². The first kappa shape index (κ1) is 12.3. The summed E-state index contributed by atoms with van der Waals surface area (Å²) in [6.07, 6.45) is 8.07. The molecular formula is C12H18N4S. The van der Waals surface area contributed by atoms with Gasteiger partial charge in [-0.25, -0.2) is 0 Å². The molecule has 0 fully saturated rings. The van der Waals surface area contributed by atoms with Gasteiger partial charge in [-0.2, -0.15) is 5.10 Å². The van der Waals surface area contributed by atoms with Crippen molar-refractivity contribution in [2.24, 2.45) is 7.05 Å². The Hall–Kier alpha value is -1.20. The van der Waals surface area contributed by atoms with E-state index < -0.39 is 0 Å². The average Bonchev–Trinajstić information content (AvgIpc) is 2.95. The van der Waals surface area contributed by atoms with E-state index >= 15 is 0 Å². The van der Waals surface area contributed by atoms with Crippen LogP contribution in [0.4, 0.5) is 0 Å². The lowest BCUT2D eigenvalue weighted by Gasteiger charge is -2.15. The minimum atomic E-state index is 0.353. The highest BCUT2D eigenvalue weighted by atomic mass is 32.1. The Balaban J connectivity index is 2.05. The predicted octanol–water partition coefficient (Wildman–Crippen LogP) is 2.16. The smallest absolute Gasteiger partial charge is 0.0794 e. The van der Waals surface area contributed by atoms with Crippen molar-refractivity contribution in [2.45, 2.75) is 25.8 Å². The first-order chi connectivity index (χ1) is 8.29. The minimum absolute atomic E-state index is 0.353. The molecule has 2 aromatic heterocycles. The van der Waals surface area contributed by atoms with Gasteiger partial charge in [0.25, 0.3) is 0 Å². The molecule has 0 saturated heterocycles. The molecule has 5 heteroatoms. The number of aromatic nitrogens is 3. The van der Waals surface area contributed by atoms with Gasteiger partial charge in [-0.15, -0.1) is 11.3 Å².